The van der Waals surface area contributed by atoms with E-state index >= 15 is 0 Å². The molecule has 3 atom stereocenters. The number of carbonyl (C=O) groups is 4. The fraction of sp³-hybridized carbons (Fsp3) is 0.292. The maximum Gasteiger partial charge on any atom is 0.330 e. The first kappa shape index (κ1) is 26.8. The Morgan fingerprint density at radius 1 is 0.829 bits per heavy atom. The second kappa shape index (κ2) is 13.3. The molecule has 35 heavy (non-hydrogen) atoms. The quantitative estimate of drug-likeness (QED) is 0.143. The number of aliphatic carboxylic acids is 1. The van der Waals surface area contributed by atoms with E-state index in [2.05, 4.69) is 20.9 Å². The van der Waals surface area contributed by atoms with Gasteiger partial charge in [-0.15, -0.1) is 0 Å². The Bertz CT molecular complexity index is 1040. The molecule has 11 heteroatoms. The summed E-state index contributed by atoms with van der Waals surface area (Å²) in [5.74, 6) is -3.10. The fourth-order valence-corrected chi connectivity index (χ4v) is 3.37. The highest BCUT2D eigenvalue weighted by Gasteiger charge is 2.30. The third kappa shape index (κ3) is 8.80. The molecule has 0 spiro atoms. The SMILES string of the molecule is CC(=O)N[C@@H](CCCN=C(N)N)C(=O)NC(C(=O)NC(C(=O)O)c1ccccc1)c1ccccc1. The van der Waals surface area contributed by atoms with Crippen molar-refractivity contribution >= 4 is 29.7 Å². The average Bonchev–Trinajstić information content (AvgIpc) is 2.83. The molecule has 3 amide bonds. The Kier molecular flexibility index (Phi) is 10.2. The van der Waals surface area contributed by atoms with Crippen LogP contribution in [0.3, 0.4) is 0 Å². The van der Waals surface area contributed by atoms with Crippen molar-refractivity contribution in [3.8, 4) is 0 Å². The van der Waals surface area contributed by atoms with E-state index in [-0.39, 0.29) is 18.9 Å². The molecule has 0 heterocycles. The Balaban J connectivity index is 2.25. The number of benzene rings is 2. The van der Waals surface area contributed by atoms with Gasteiger partial charge in [0.25, 0.3) is 0 Å². The molecule has 2 rings (SSSR count). The molecule has 11 nitrogen and oxygen atoms in total. The summed E-state index contributed by atoms with van der Waals surface area (Å²) in [5.41, 5.74) is 11.4. The third-order valence-electron chi connectivity index (χ3n) is 4.99. The minimum Gasteiger partial charge on any atom is -0.479 e. The molecule has 0 aliphatic heterocycles. The molecule has 0 saturated carbocycles. The van der Waals surface area contributed by atoms with Crippen molar-refractivity contribution in [2.24, 2.45) is 16.5 Å². The van der Waals surface area contributed by atoms with E-state index in [1.165, 1.54) is 6.92 Å². The molecule has 186 valence electrons. The van der Waals surface area contributed by atoms with Crippen LogP contribution in [0.1, 0.15) is 43.0 Å². The van der Waals surface area contributed by atoms with Crippen LogP contribution >= 0.6 is 0 Å². The number of carboxylic acids is 1. The lowest BCUT2D eigenvalue weighted by atomic mass is 10.0. The van der Waals surface area contributed by atoms with E-state index in [0.29, 0.717) is 17.5 Å². The molecule has 0 aliphatic rings. The topological polar surface area (TPSA) is 189 Å². The largest absolute Gasteiger partial charge is 0.479 e. The summed E-state index contributed by atoms with van der Waals surface area (Å²) in [6.07, 6.45) is 0.612. The van der Waals surface area contributed by atoms with Crippen LogP contribution in [-0.2, 0) is 19.2 Å². The van der Waals surface area contributed by atoms with Crippen LogP contribution in [0.5, 0.6) is 0 Å². The number of carbonyl (C=O) groups excluding carboxylic acids is 3. The maximum atomic E-state index is 13.2. The van der Waals surface area contributed by atoms with Gasteiger partial charge in [-0.25, -0.2) is 4.79 Å². The highest BCUT2D eigenvalue weighted by atomic mass is 16.4. The van der Waals surface area contributed by atoms with Crippen LogP contribution in [-0.4, -0.2) is 47.3 Å². The minimum atomic E-state index is -1.32. The zero-order chi connectivity index (χ0) is 25.8. The van der Waals surface area contributed by atoms with Crippen LogP contribution in [0.4, 0.5) is 0 Å². The smallest absolute Gasteiger partial charge is 0.330 e. The second-order valence-electron chi connectivity index (χ2n) is 7.74. The number of nitrogens with two attached hydrogens (primary N) is 2. The van der Waals surface area contributed by atoms with Crippen molar-refractivity contribution < 1.29 is 24.3 Å². The van der Waals surface area contributed by atoms with E-state index in [1.54, 1.807) is 60.7 Å². The van der Waals surface area contributed by atoms with Gasteiger partial charge in [0, 0.05) is 13.5 Å². The molecule has 0 aliphatic carbocycles. The van der Waals surface area contributed by atoms with Gasteiger partial charge in [0.15, 0.2) is 12.0 Å². The van der Waals surface area contributed by atoms with Gasteiger partial charge in [0.05, 0.1) is 0 Å². The van der Waals surface area contributed by atoms with Crippen molar-refractivity contribution in [3.63, 3.8) is 0 Å². The third-order valence-corrected chi connectivity index (χ3v) is 4.99. The Morgan fingerprint density at radius 2 is 1.34 bits per heavy atom. The average molecular weight is 483 g/mol. The molecule has 2 aromatic carbocycles. The summed E-state index contributed by atoms with van der Waals surface area (Å²) in [5, 5.41) is 17.4. The van der Waals surface area contributed by atoms with E-state index < -0.39 is 41.8 Å². The van der Waals surface area contributed by atoms with Gasteiger partial charge < -0.3 is 32.5 Å². The second-order valence-corrected chi connectivity index (χ2v) is 7.74. The normalized spacial score (nSPS) is 12.9. The number of hydrogen-bond acceptors (Lipinski definition) is 5. The number of amides is 3. The van der Waals surface area contributed by atoms with Crippen LogP contribution in [0.25, 0.3) is 0 Å². The van der Waals surface area contributed by atoms with Crippen LogP contribution in [0.15, 0.2) is 65.7 Å². The molecule has 2 unspecified atom stereocenters. The van der Waals surface area contributed by atoms with Gasteiger partial charge in [-0.3, -0.25) is 19.4 Å². The highest BCUT2D eigenvalue weighted by molar-refractivity contribution is 5.94. The number of guanidine groups is 1. The predicted molar refractivity (Wildman–Crippen MR) is 130 cm³/mol. The molecule has 8 N–H and O–H groups in total. The van der Waals surface area contributed by atoms with Crippen molar-refractivity contribution in [2.45, 2.75) is 37.9 Å². The summed E-state index contributed by atoms with van der Waals surface area (Å²) in [7, 11) is 0. The van der Waals surface area contributed by atoms with Gasteiger partial charge in [0.2, 0.25) is 17.7 Å². The molecule has 0 aromatic heterocycles. The van der Waals surface area contributed by atoms with Crippen molar-refractivity contribution in [1.82, 2.24) is 16.0 Å². The number of hydrogen-bond donors (Lipinski definition) is 6. The van der Waals surface area contributed by atoms with E-state index in [9.17, 15) is 24.3 Å². The zero-order valence-electron chi connectivity index (χ0n) is 19.3. The number of nitrogens with zero attached hydrogens (tertiary/aromatic N) is 1. The Labute approximate surface area is 203 Å². The monoisotopic (exact) mass is 482 g/mol. The lowest BCUT2D eigenvalue weighted by Gasteiger charge is -2.24. The van der Waals surface area contributed by atoms with E-state index in [1.807, 2.05) is 0 Å². The molecular weight excluding hydrogens is 452 g/mol. The number of nitrogens with one attached hydrogen (secondary N) is 3. The number of aliphatic imine (C=N–C) groups is 1. The van der Waals surface area contributed by atoms with E-state index in [4.69, 9.17) is 11.5 Å². The van der Waals surface area contributed by atoms with Gasteiger partial charge in [0.1, 0.15) is 12.1 Å². The van der Waals surface area contributed by atoms with Crippen LogP contribution in [0.2, 0.25) is 0 Å². The lowest BCUT2D eigenvalue weighted by molar-refractivity contribution is -0.142. The standard InChI is InChI=1S/C24H30N6O5/c1-15(31)28-18(13-8-14-27-24(25)26)21(32)29-19(16-9-4-2-5-10-16)22(33)30-20(23(34)35)17-11-6-3-7-12-17/h2-7,9-12,18-20H,8,13-14H2,1H3,(H,28,31)(H,29,32)(H,30,33)(H,34,35)(H4,25,26,27)/t18-,19?,20?/m0/s1. The first-order chi connectivity index (χ1) is 16.7. The van der Waals surface area contributed by atoms with Crippen molar-refractivity contribution in [3.05, 3.63) is 71.8 Å². The summed E-state index contributed by atoms with van der Waals surface area (Å²) >= 11 is 0. The minimum absolute atomic E-state index is 0.0854. The van der Waals surface area contributed by atoms with Gasteiger partial charge in [-0.1, -0.05) is 60.7 Å². The van der Waals surface area contributed by atoms with Crippen molar-refractivity contribution in [2.75, 3.05) is 6.54 Å². The molecule has 0 bridgehead atoms. The predicted octanol–water partition coefficient (Wildman–Crippen LogP) is 0.344. The lowest BCUT2D eigenvalue weighted by Crippen LogP contribution is -2.50. The Morgan fingerprint density at radius 3 is 1.83 bits per heavy atom. The van der Waals surface area contributed by atoms with Gasteiger partial charge in [-0.2, -0.15) is 0 Å². The first-order valence-corrected chi connectivity index (χ1v) is 10.9. The van der Waals surface area contributed by atoms with Crippen LogP contribution in [0, 0.1) is 0 Å². The van der Waals surface area contributed by atoms with E-state index in [0.717, 1.165) is 0 Å². The summed E-state index contributed by atoms with van der Waals surface area (Å²) in [6.45, 7) is 1.53. The molecule has 2 aromatic rings. The molecular formula is C24H30N6O5. The van der Waals surface area contributed by atoms with Crippen LogP contribution < -0.4 is 27.4 Å². The first-order valence-electron chi connectivity index (χ1n) is 10.9. The summed E-state index contributed by atoms with van der Waals surface area (Å²) in [4.78, 5) is 53.7. The molecule has 0 fully saturated rings. The summed E-state index contributed by atoms with van der Waals surface area (Å²) in [6, 6.07) is 13.1. The number of carboxylic acid groups (broad SMARTS) is 1. The van der Waals surface area contributed by atoms with Gasteiger partial charge in [-0.05, 0) is 24.0 Å². The fourth-order valence-electron chi connectivity index (χ4n) is 3.37. The molecule has 0 saturated heterocycles. The van der Waals surface area contributed by atoms with Gasteiger partial charge >= 0.3 is 5.97 Å². The highest BCUT2D eigenvalue weighted by Crippen LogP contribution is 2.18. The number of rotatable bonds is 12. The maximum absolute atomic E-state index is 13.2. The molecule has 0 radical (unpaired) electrons. The van der Waals surface area contributed by atoms with Crippen molar-refractivity contribution in [1.29, 1.82) is 0 Å². The Hall–Kier alpha value is -4.41. The summed E-state index contributed by atoms with van der Waals surface area (Å²) < 4.78 is 0. The zero-order valence-corrected chi connectivity index (χ0v) is 19.3.